The molecule has 0 bridgehead atoms. The number of aromatic hydroxyl groups is 18. The minimum Gasteiger partial charge on any atom is 0 e. The van der Waals surface area contributed by atoms with Crippen LogP contribution in [0.25, 0.3) is 0 Å². The zero-order valence-corrected chi connectivity index (χ0v) is 52.0. The van der Waals surface area contributed by atoms with Crippen LogP contribution in [-0.4, -0.2) is 159 Å². The number of benzene rings is 6. The van der Waals surface area contributed by atoms with Gasteiger partial charge in [-0.3, -0.25) is 0 Å². The molecule has 0 heterocycles. The Morgan fingerprint density at radius 3 is 0.493 bits per heavy atom. The number of hydrogen-bond acceptors (Lipinski definition) is 26. The van der Waals surface area contributed by atoms with Crippen molar-refractivity contribution in [2.24, 2.45) is 0 Å². The van der Waals surface area contributed by atoms with E-state index in [1.165, 1.54) is 0 Å². The van der Waals surface area contributed by atoms with Gasteiger partial charge in [0.2, 0.25) is 0 Å². The number of thiocarbonyl (C=S) groups is 6. The number of hydrogen-bond donors (Lipinski definition) is 22. The molecule has 6 rings (SSSR count). The van der Waals surface area contributed by atoms with Crippen LogP contribution in [-0.2, 0) is 62.1 Å². The van der Waals surface area contributed by atoms with Gasteiger partial charge in [-0.25, -0.2) is 0 Å². The molecular weight excluding hydrogens is 1380 g/mol. The molecule has 0 saturated heterocycles. The van der Waals surface area contributed by atoms with E-state index >= 15 is 0 Å². The van der Waals surface area contributed by atoms with Crippen molar-refractivity contribution in [1.82, 2.24) is 0 Å². The fraction of sp³-hybridized carbons (Fsp3) is 0. The summed E-state index contributed by atoms with van der Waals surface area (Å²) in [5.41, 5.74) is 0.633. The summed E-state index contributed by atoms with van der Waals surface area (Å²) in [4.78, 5) is 0. The van der Waals surface area contributed by atoms with Gasteiger partial charge < -0.3 is 81.7 Å². The molecule has 0 atom stereocenters. The molecule has 33 heteroatoms. The number of aliphatic hydroxyl groups excluding tert-OH is 4. The van der Waals surface area contributed by atoms with E-state index in [0.717, 1.165) is 72.8 Å². The van der Waals surface area contributed by atoms with Gasteiger partial charge in [0.25, 0.3) is 0 Å². The van der Waals surface area contributed by atoms with Crippen molar-refractivity contribution in [3.05, 3.63) is 106 Å². The van der Waals surface area contributed by atoms with Crippen LogP contribution in [0.2, 0.25) is 0 Å². The summed E-state index contributed by atoms with van der Waals surface area (Å²) >= 11 is 25.8. The standard InChI is InChI=1S/C14H10GeO8S2.4C7H6O4S.2Cd/c16-7-1-5(2-8(17)11(7)20)13(24)22-15-23-14(25)6-3-9(18)12(21)10(19)4-6;4*8-4-1-3(7(11)12)2-5(9)6(4)10;;/h1-4,16-21H;4*1-2,8-10H,(H,11,12);;. The van der Waals surface area contributed by atoms with Crippen LogP contribution in [0.4, 0.5) is 0 Å². The molecule has 0 aromatic heterocycles. The average Bonchev–Trinajstić information content (AvgIpc) is 3.31. The normalized spacial score (nSPS) is 9.60. The third kappa shape index (κ3) is 20.2. The van der Waals surface area contributed by atoms with Crippen LogP contribution in [0.15, 0.2) is 72.8 Å². The van der Waals surface area contributed by atoms with Crippen molar-refractivity contribution < 1.29 is 174 Å². The molecule has 0 spiro atoms. The fourth-order valence-electron chi connectivity index (χ4n) is 4.57. The summed E-state index contributed by atoms with van der Waals surface area (Å²) in [7, 11) is 0. The number of rotatable bonds is 8. The minimum atomic E-state index is -1.64. The molecule has 0 amide bonds. The zero-order valence-electron chi connectivity index (χ0n) is 36.9. The quantitative estimate of drug-likeness (QED) is 0.0495. The molecule has 0 fully saturated rings. The van der Waals surface area contributed by atoms with Gasteiger partial charge >= 0.3 is 159 Å². The van der Waals surface area contributed by atoms with Gasteiger partial charge in [-0.2, -0.15) is 0 Å². The van der Waals surface area contributed by atoms with Crippen molar-refractivity contribution in [2.45, 2.75) is 0 Å². The van der Waals surface area contributed by atoms with Crippen LogP contribution in [0.5, 0.6) is 103 Å². The first-order valence-electron chi connectivity index (χ1n) is 18.4. The van der Waals surface area contributed by atoms with Crippen molar-refractivity contribution >= 4 is 120 Å². The average molecular weight is 1410 g/mol. The summed E-state index contributed by atoms with van der Waals surface area (Å²) in [6.45, 7) is 0. The minimum absolute atomic E-state index is 0. The second-order valence-electron chi connectivity index (χ2n) is 13.3. The second-order valence-corrected chi connectivity index (χ2v) is 16.8. The maximum absolute atomic E-state index is 9.43. The van der Waals surface area contributed by atoms with Gasteiger partial charge in [0, 0.05) is 76.9 Å². The molecule has 75 heavy (non-hydrogen) atoms. The van der Waals surface area contributed by atoms with Gasteiger partial charge in [-0.1, -0.05) is 0 Å². The topological polar surface area (TPSA) is 464 Å². The first-order valence-corrected chi connectivity index (χ1v) is 22.6. The van der Waals surface area contributed by atoms with Gasteiger partial charge in [0.05, 0.1) is 0 Å². The predicted molar refractivity (Wildman–Crippen MR) is 277 cm³/mol. The van der Waals surface area contributed by atoms with E-state index in [1.54, 1.807) is 0 Å². The number of phenolic OH excluding ortho intramolecular Hbond substituents is 18. The van der Waals surface area contributed by atoms with E-state index < -0.39 is 140 Å². The van der Waals surface area contributed by atoms with Crippen molar-refractivity contribution in [3.63, 3.8) is 0 Å². The van der Waals surface area contributed by atoms with Crippen molar-refractivity contribution in [2.75, 3.05) is 0 Å². The Balaban J connectivity index is 0.000000949. The second kappa shape index (κ2) is 30.7. The maximum atomic E-state index is 9.43. The molecule has 0 aliphatic heterocycles. The molecule has 0 saturated carbocycles. The van der Waals surface area contributed by atoms with E-state index in [-0.39, 0.29) is 98.1 Å². The van der Waals surface area contributed by atoms with Crippen LogP contribution in [0.3, 0.4) is 0 Å². The first kappa shape index (κ1) is 68.4. The zero-order chi connectivity index (χ0) is 55.9. The molecule has 6 aromatic carbocycles. The Bertz CT molecular complexity index is 2650. The molecule has 24 nitrogen and oxygen atoms in total. The Morgan fingerprint density at radius 2 is 0.373 bits per heavy atom. The van der Waals surface area contributed by atoms with Crippen molar-refractivity contribution in [1.29, 1.82) is 0 Å². The summed E-state index contributed by atoms with van der Waals surface area (Å²) < 4.78 is 10.4. The Morgan fingerprint density at radius 1 is 0.253 bits per heavy atom. The SMILES string of the molecule is OC(=S)c1cc(O)c(O)c(O)c1.OC(=S)c1cc(O)c(O)c(O)c1.OC(=S)c1cc(O)c(O)c(O)c1.OC(=S)c1cc(O)c(O)c(O)c1.Oc1cc(C(=S)[O][Ge][O]C(=S)c2cc(O)c(O)c(O)c2)cc(O)c1O.[Cd].[Cd]. The molecule has 0 aliphatic rings. The number of aliphatic hydroxyl groups is 4. The summed E-state index contributed by atoms with van der Waals surface area (Å²) in [6.07, 6.45) is 0. The first-order chi connectivity index (χ1) is 33.8. The predicted octanol–water partition coefficient (Wildman–Crippen LogP) is 5.68. The Hall–Kier alpha value is -6.55. The fourth-order valence-corrected chi connectivity index (χ4v) is 6.53. The van der Waals surface area contributed by atoms with Gasteiger partial charge in [0.1, 0.15) is 0 Å². The summed E-state index contributed by atoms with van der Waals surface area (Å²) in [5.74, 6) is -10.3. The summed E-state index contributed by atoms with van der Waals surface area (Å²) in [6, 6.07) is 12.9. The van der Waals surface area contributed by atoms with Crippen molar-refractivity contribution in [3.8, 4) is 103 Å². The molecule has 6 aromatic rings. The van der Waals surface area contributed by atoms with Crippen LogP contribution in [0.1, 0.15) is 33.4 Å². The van der Waals surface area contributed by atoms with Gasteiger partial charge in [-0.05, 0) is 97.4 Å². The number of phenols is 18. The van der Waals surface area contributed by atoms with Gasteiger partial charge in [0.15, 0.2) is 89.2 Å². The monoisotopic (exact) mass is 1420 g/mol. The molecule has 0 aliphatic carbocycles. The third-order valence-corrected chi connectivity index (χ3v) is 11.6. The molecule has 22 N–H and O–H groups in total. The van der Waals surface area contributed by atoms with Gasteiger partial charge in [-0.15, -0.1) is 0 Å². The van der Waals surface area contributed by atoms with E-state index in [4.69, 9.17) is 114 Å². The van der Waals surface area contributed by atoms with Crippen LogP contribution >= 0.6 is 73.3 Å². The Kier molecular flexibility index (Phi) is 28.0. The molecule has 2 radical (unpaired) electrons. The molecular formula is C42H34Cd2GeO24S6. The van der Waals surface area contributed by atoms with Crippen LogP contribution in [0, 0.1) is 0 Å². The van der Waals surface area contributed by atoms with E-state index in [9.17, 15) is 30.6 Å². The largest absolute Gasteiger partial charge is 0 e. The van der Waals surface area contributed by atoms with E-state index in [2.05, 4.69) is 48.9 Å². The van der Waals surface area contributed by atoms with E-state index in [0.29, 0.717) is 0 Å². The van der Waals surface area contributed by atoms with E-state index in [1.807, 2.05) is 0 Å². The smallest absolute Gasteiger partial charge is 0 e. The molecule has 390 valence electrons. The molecule has 0 unspecified atom stereocenters. The van der Waals surface area contributed by atoms with Crippen LogP contribution < -0.4 is 0 Å². The Labute approximate surface area is 499 Å². The maximum Gasteiger partial charge on any atom is 0 e. The third-order valence-electron chi connectivity index (χ3n) is 8.15. The summed E-state index contributed by atoms with van der Waals surface area (Å²) in [5, 5.41) is 197.